The molecule has 3 aliphatic heterocycles. The molecule has 0 bridgehead atoms. The summed E-state index contributed by atoms with van der Waals surface area (Å²) in [5.74, 6) is 0.258. The van der Waals surface area contributed by atoms with E-state index in [1.54, 1.807) is 12.1 Å². The van der Waals surface area contributed by atoms with Gasteiger partial charge in [0.15, 0.2) is 0 Å². The molecule has 3 aliphatic rings. The van der Waals surface area contributed by atoms with Gasteiger partial charge in [-0.15, -0.1) is 0 Å². The highest BCUT2D eigenvalue weighted by Gasteiger charge is 2.65. The van der Waals surface area contributed by atoms with Crippen LogP contribution < -0.4 is 10.1 Å². The second-order valence-corrected chi connectivity index (χ2v) is 9.17. The van der Waals surface area contributed by atoms with Gasteiger partial charge < -0.3 is 15.0 Å². The van der Waals surface area contributed by atoms with Crippen molar-refractivity contribution in [3.05, 3.63) is 95.1 Å². The van der Waals surface area contributed by atoms with Gasteiger partial charge in [0.25, 0.3) is 11.8 Å². The number of aryl methyl sites for hydroxylation is 1. The van der Waals surface area contributed by atoms with E-state index in [-0.39, 0.29) is 29.7 Å². The highest BCUT2D eigenvalue weighted by atomic mass is 16.5. The molecular weight excluding hydrogens is 400 g/mol. The predicted octanol–water partition coefficient (Wildman–Crippen LogP) is 4.70. The van der Waals surface area contributed by atoms with Crippen molar-refractivity contribution in [2.24, 2.45) is 5.92 Å². The average molecular weight is 425 g/mol. The lowest BCUT2D eigenvalue weighted by molar-refractivity contribution is -0.125. The highest BCUT2D eigenvalue weighted by molar-refractivity contribution is 6.12. The van der Waals surface area contributed by atoms with Crippen molar-refractivity contribution < 1.29 is 14.3 Å². The third-order valence-electron chi connectivity index (χ3n) is 7.38. The maximum Gasteiger partial charge on any atom is 0.257 e. The monoisotopic (exact) mass is 424 g/mol. The highest BCUT2D eigenvalue weighted by Crippen LogP contribution is 2.59. The molecule has 2 amide bonds. The standard InChI is InChI=1S/C27H24N2O3/c1-16-12-13-22-19(14-16)24-20(15-32-22)23(17-8-4-3-5-9-17)27(2)26(31)28-21-11-7-6-10-18(21)25(30)29(24)27/h3-14,20,23-24H,15H2,1-2H3,(H,28,31)/t20-,23+,24+,27-/m1/s1. The van der Waals surface area contributed by atoms with E-state index in [0.717, 1.165) is 22.4 Å². The van der Waals surface area contributed by atoms with E-state index < -0.39 is 5.54 Å². The van der Waals surface area contributed by atoms with Gasteiger partial charge in [-0.25, -0.2) is 0 Å². The lowest BCUT2D eigenvalue weighted by Gasteiger charge is -2.38. The molecular formula is C27H24N2O3. The first-order valence-corrected chi connectivity index (χ1v) is 11.0. The topological polar surface area (TPSA) is 58.6 Å². The zero-order valence-corrected chi connectivity index (χ0v) is 18.0. The van der Waals surface area contributed by atoms with Crippen molar-refractivity contribution in [2.45, 2.75) is 31.3 Å². The number of para-hydroxylation sites is 1. The van der Waals surface area contributed by atoms with Crippen LogP contribution in [0, 0.1) is 12.8 Å². The number of nitrogens with zero attached hydrogens (tertiary/aromatic N) is 1. The Morgan fingerprint density at radius 2 is 1.75 bits per heavy atom. The van der Waals surface area contributed by atoms with Gasteiger partial charge in [0.05, 0.1) is 23.9 Å². The fourth-order valence-corrected chi connectivity index (χ4v) is 5.98. The summed E-state index contributed by atoms with van der Waals surface area (Å²) in [6.45, 7) is 4.41. The van der Waals surface area contributed by atoms with Crippen LogP contribution in [0.4, 0.5) is 5.69 Å². The summed E-state index contributed by atoms with van der Waals surface area (Å²) in [7, 11) is 0. The Kier molecular flexibility index (Phi) is 4.00. The Bertz CT molecular complexity index is 1250. The molecule has 6 rings (SSSR count). The molecule has 1 fully saturated rings. The van der Waals surface area contributed by atoms with Crippen LogP contribution in [0.1, 0.15) is 45.9 Å². The molecule has 0 radical (unpaired) electrons. The summed E-state index contributed by atoms with van der Waals surface area (Å²) in [6.07, 6.45) is 0. The molecule has 0 aliphatic carbocycles. The Morgan fingerprint density at radius 3 is 2.56 bits per heavy atom. The van der Waals surface area contributed by atoms with Crippen molar-refractivity contribution in [3.8, 4) is 5.75 Å². The molecule has 3 aromatic carbocycles. The van der Waals surface area contributed by atoms with Gasteiger partial charge in [0.2, 0.25) is 0 Å². The Labute approximate surface area is 187 Å². The quantitative estimate of drug-likeness (QED) is 0.616. The smallest absolute Gasteiger partial charge is 0.257 e. The third-order valence-corrected chi connectivity index (χ3v) is 7.38. The zero-order chi connectivity index (χ0) is 22.0. The number of fused-ring (bicyclic) bond motifs is 6. The molecule has 5 nitrogen and oxygen atoms in total. The predicted molar refractivity (Wildman–Crippen MR) is 122 cm³/mol. The van der Waals surface area contributed by atoms with Gasteiger partial charge in [-0.2, -0.15) is 0 Å². The molecule has 32 heavy (non-hydrogen) atoms. The largest absolute Gasteiger partial charge is 0.493 e. The van der Waals surface area contributed by atoms with Crippen LogP contribution in [-0.4, -0.2) is 28.9 Å². The van der Waals surface area contributed by atoms with E-state index in [1.807, 2.05) is 61.2 Å². The van der Waals surface area contributed by atoms with E-state index >= 15 is 0 Å². The van der Waals surface area contributed by atoms with E-state index in [9.17, 15) is 9.59 Å². The second-order valence-electron chi connectivity index (χ2n) is 9.17. The third kappa shape index (κ3) is 2.45. The Morgan fingerprint density at radius 1 is 1.00 bits per heavy atom. The average Bonchev–Trinajstić information content (AvgIpc) is 3.05. The molecule has 0 aromatic heterocycles. The summed E-state index contributed by atoms with van der Waals surface area (Å²) in [5, 5.41) is 3.07. The van der Waals surface area contributed by atoms with Gasteiger partial charge >= 0.3 is 0 Å². The molecule has 3 aromatic rings. The van der Waals surface area contributed by atoms with Crippen LogP contribution in [0.3, 0.4) is 0 Å². The number of nitrogens with one attached hydrogen (secondary N) is 1. The molecule has 1 saturated heterocycles. The molecule has 0 spiro atoms. The molecule has 3 heterocycles. The first-order valence-electron chi connectivity index (χ1n) is 11.0. The molecule has 1 N–H and O–H groups in total. The van der Waals surface area contributed by atoms with Crippen molar-refractivity contribution in [1.29, 1.82) is 0 Å². The number of hydrogen-bond donors (Lipinski definition) is 1. The maximum absolute atomic E-state index is 14.1. The second kappa shape index (κ2) is 6.70. The maximum atomic E-state index is 14.1. The number of hydrogen-bond acceptors (Lipinski definition) is 3. The molecule has 0 unspecified atom stereocenters. The number of amides is 2. The van der Waals surface area contributed by atoms with E-state index in [0.29, 0.717) is 17.9 Å². The van der Waals surface area contributed by atoms with Crippen LogP contribution >= 0.6 is 0 Å². The Hall–Kier alpha value is -3.60. The van der Waals surface area contributed by atoms with Gasteiger partial charge in [0.1, 0.15) is 11.3 Å². The van der Waals surface area contributed by atoms with E-state index in [2.05, 4.69) is 23.5 Å². The van der Waals surface area contributed by atoms with Gasteiger partial charge in [-0.1, -0.05) is 60.2 Å². The Balaban J connectivity index is 1.64. The summed E-state index contributed by atoms with van der Waals surface area (Å²) in [5.41, 5.74) is 3.15. The number of rotatable bonds is 1. The fraction of sp³-hybridized carbons (Fsp3) is 0.259. The minimum absolute atomic E-state index is 0.0448. The lowest BCUT2D eigenvalue weighted by Crippen LogP contribution is -2.54. The van der Waals surface area contributed by atoms with Gasteiger partial charge in [0, 0.05) is 17.4 Å². The summed E-state index contributed by atoms with van der Waals surface area (Å²) in [6, 6.07) is 23.2. The number of carbonyl (C=O) groups excluding carboxylic acids is 2. The lowest BCUT2D eigenvalue weighted by atomic mass is 9.73. The minimum atomic E-state index is -1.07. The minimum Gasteiger partial charge on any atom is -0.493 e. The normalized spacial score (nSPS) is 27.9. The van der Waals surface area contributed by atoms with Crippen LogP contribution in [0.5, 0.6) is 5.75 Å². The number of carbonyl (C=O) groups is 2. The van der Waals surface area contributed by atoms with Gasteiger partial charge in [-0.05, 0) is 37.6 Å². The van der Waals surface area contributed by atoms with E-state index in [1.165, 1.54) is 0 Å². The number of ether oxygens (including phenoxy) is 1. The van der Waals surface area contributed by atoms with Crippen molar-refractivity contribution in [3.63, 3.8) is 0 Å². The SMILES string of the molecule is Cc1ccc2c(c1)[C@H]1[C@H](CO2)[C@H](c2ccccc2)[C@]2(C)C(=O)Nc3ccccc3C(=O)N12. The van der Waals surface area contributed by atoms with Crippen molar-refractivity contribution in [1.82, 2.24) is 4.90 Å². The van der Waals surface area contributed by atoms with Gasteiger partial charge in [-0.3, -0.25) is 9.59 Å². The van der Waals surface area contributed by atoms with Crippen molar-refractivity contribution >= 4 is 17.5 Å². The first-order chi connectivity index (χ1) is 15.5. The first kappa shape index (κ1) is 19.1. The fourth-order valence-electron chi connectivity index (χ4n) is 5.98. The number of anilines is 1. The molecule has 0 saturated carbocycles. The molecule has 5 heteroatoms. The van der Waals surface area contributed by atoms with E-state index in [4.69, 9.17) is 4.74 Å². The van der Waals surface area contributed by atoms with Crippen LogP contribution in [0.25, 0.3) is 0 Å². The summed E-state index contributed by atoms with van der Waals surface area (Å²) in [4.78, 5) is 29.8. The van der Waals surface area contributed by atoms with Crippen LogP contribution in [0.15, 0.2) is 72.8 Å². The summed E-state index contributed by atoms with van der Waals surface area (Å²) >= 11 is 0. The van der Waals surface area contributed by atoms with Crippen LogP contribution in [-0.2, 0) is 4.79 Å². The van der Waals surface area contributed by atoms with Crippen LogP contribution in [0.2, 0.25) is 0 Å². The molecule has 160 valence electrons. The van der Waals surface area contributed by atoms with Crippen molar-refractivity contribution in [2.75, 3.05) is 11.9 Å². The summed E-state index contributed by atoms with van der Waals surface area (Å²) < 4.78 is 6.20. The zero-order valence-electron chi connectivity index (χ0n) is 18.0. The number of benzene rings is 3. The molecule has 4 atom stereocenters.